The largest absolute Gasteiger partial charge is 0.451 e. The Labute approximate surface area is 172 Å². The van der Waals surface area contributed by atoms with E-state index in [1.165, 1.54) is 0 Å². The third kappa shape index (κ3) is 4.18. The Kier molecular flexibility index (Phi) is 5.76. The molecule has 0 bridgehead atoms. The van der Waals surface area contributed by atoms with Crippen molar-refractivity contribution in [2.24, 2.45) is 0 Å². The monoisotopic (exact) mass is 468 g/mol. The Bertz CT molecular complexity index is 1160. The number of hydrogen-bond acceptors (Lipinski definition) is 4. The van der Waals surface area contributed by atoms with Gasteiger partial charge in [0.2, 0.25) is 23.1 Å². The quantitative estimate of drug-likeness (QED) is 0.268. The molecule has 3 aromatic carbocycles. The first-order valence-corrected chi connectivity index (χ1v) is 8.24. The van der Waals surface area contributed by atoms with Crippen LogP contribution in [0.25, 0.3) is 0 Å². The number of rotatable bonds is 4. The molecule has 3 rings (SSSR count). The molecule has 0 fully saturated rings. The minimum atomic E-state index is -5.15. The summed E-state index contributed by atoms with van der Waals surface area (Å²) in [7, 11) is 0. The Morgan fingerprint density at radius 3 is 1.56 bits per heavy atom. The molecule has 0 aliphatic rings. The van der Waals surface area contributed by atoms with E-state index in [0.29, 0.717) is 18.2 Å². The van der Waals surface area contributed by atoms with Crippen LogP contribution in [0.5, 0.6) is 23.0 Å². The molecule has 0 unspecified atom stereocenters. The van der Waals surface area contributed by atoms with E-state index in [2.05, 4.69) is 4.74 Å². The van der Waals surface area contributed by atoms with Gasteiger partial charge in [0, 0.05) is 18.2 Å². The van der Waals surface area contributed by atoms with E-state index in [9.17, 15) is 39.5 Å². The molecule has 0 amide bonds. The van der Waals surface area contributed by atoms with Crippen molar-refractivity contribution < 1.29 is 49.0 Å². The van der Waals surface area contributed by atoms with Crippen LogP contribution in [0.15, 0.2) is 30.3 Å². The third-order valence-electron chi connectivity index (χ3n) is 3.98. The van der Waals surface area contributed by atoms with E-state index in [1.807, 2.05) is 0 Å². The highest BCUT2D eigenvalue weighted by atomic mass is 19.4. The molecule has 0 spiro atoms. The van der Waals surface area contributed by atoms with Crippen LogP contribution in [0.1, 0.15) is 5.56 Å². The van der Waals surface area contributed by atoms with Crippen LogP contribution in [-0.4, -0.2) is 0 Å². The van der Waals surface area contributed by atoms with E-state index >= 15 is 0 Å². The Morgan fingerprint density at radius 1 is 0.625 bits per heavy atom. The van der Waals surface area contributed by atoms with Crippen molar-refractivity contribution in [2.45, 2.75) is 6.18 Å². The normalized spacial score (nSPS) is 11.5. The van der Waals surface area contributed by atoms with E-state index in [4.69, 9.17) is 16.2 Å². The molecule has 4 nitrogen and oxygen atoms in total. The average Bonchev–Trinajstić information content (AvgIpc) is 2.70. The predicted octanol–water partition coefficient (Wildman–Crippen LogP) is 6.29. The van der Waals surface area contributed by atoms with E-state index in [-0.39, 0.29) is 12.1 Å². The second-order valence-corrected chi connectivity index (χ2v) is 6.17. The van der Waals surface area contributed by atoms with Crippen molar-refractivity contribution in [3.05, 3.63) is 70.8 Å². The Balaban J connectivity index is 2.13. The van der Waals surface area contributed by atoms with Gasteiger partial charge >= 0.3 is 6.18 Å². The van der Waals surface area contributed by atoms with Crippen LogP contribution in [0.2, 0.25) is 0 Å². The van der Waals surface area contributed by atoms with Crippen LogP contribution in [0.3, 0.4) is 0 Å². The van der Waals surface area contributed by atoms with Gasteiger partial charge in [0.15, 0.2) is 23.3 Å². The molecule has 0 aromatic heterocycles. The van der Waals surface area contributed by atoms with Crippen LogP contribution in [0.4, 0.5) is 50.9 Å². The summed E-state index contributed by atoms with van der Waals surface area (Å²) in [6.45, 7) is 0. The molecular formula is C19H9F9N2O2. The lowest BCUT2D eigenvalue weighted by Gasteiger charge is -2.17. The number of hydrogen-bond donors (Lipinski definition) is 2. The van der Waals surface area contributed by atoms with Gasteiger partial charge in [-0.1, -0.05) is 0 Å². The highest BCUT2D eigenvalue weighted by Crippen LogP contribution is 2.43. The molecule has 0 aliphatic carbocycles. The molecule has 4 N–H and O–H groups in total. The standard InChI is InChI=1S/C19H9F9N2O2/c20-8-4-10(29)15(24)17(13(8)22)31-6-1-2-7(19(26,27)28)12(3-6)32-18-14(23)9(21)5-11(30)16(18)25/h1-5H,29-30H2. The summed E-state index contributed by atoms with van der Waals surface area (Å²) in [6, 6.07) is 1.72. The number of anilines is 2. The maximum atomic E-state index is 14.1. The van der Waals surface area contributed by atoms with Gasteiger partial charge in [-0.05, 0) is 12.1 Å². The van der Waals surface area contributed by atoms with Crippen molar-refractivity contribution in [3.8, 4) is 23.0 Å². The summed E-state index contributed by atoms with van der Waals surface area (Å²) in [5.74, 6) is -15.6. The van der Waals surface area contributed by atoms with Crippen molar-refractivity contribution in [1.82, 2.24) is 0 Å². The molecule has 0 radical (unpaired) electrons. The molecule has 3 aromatic rings. The molecule has 0 heterocycles. The SMILES string of the molecule is Nc1cc(F)c(F)c(Oc2ccc(C(F)(F)F)c(Oc3c(F)c(N)cc(F)c3F)c2)c1F. The van der Waals surface area contributed by atoms with Gasteiger partial charge in [0.25, 0.3) is 0 Å². The maximum Gasteiger partial charge on any atom is 0.419 e. The second-order valence-electron chi connectivity index (χ2n) is 6.17. The fourth-order valence-electron chi connectivity index (χ4n) is 2.49. The average molecular weight is 468 g/mol. The van der Waals surface area contributed by atoms with Crippen molar-refractivity contribution in [3.63, 3.8) is 0 Å². The van der Waals surface area contributed by atoms with Gasteiger partial charge in [-0.15, -0.1) is 0 Å². The molecule has 32 heavy (non-hydrogen) atoms. The third-order valence-corrected chi connectivity index (χ3v) is 3.98. The second kappa shape index (κ2) is 8.05. The fraction of sp³-hybridized carbons (Fsp3) is 0.0526. The van der Waals surface area contributed by atoms with Gasteiger partial charge in [-0.25, -0.2) is 17.6 Å². The Hall–Kier alpha value is -3.77. The first-order chi connectivity index (χ1) is 14.8. The lowest BCUT2D eigenvalue weighted by molar-refractivity contribution is -0.138. The van der Waals surface area contributed by atoms with Gasteiger partial charge < -0.3 is 20.9 Å². The van der Waals surface area contributed by atoms with Crippen LogP contribution >= 0.6 is 0 Å². The Morgan fingerprint density at radius 2 is 1.09 bits per heavy atom. The lowest BCUT2D eigenvalue weighted by atomic mass is 10.1. The molecule has 0 saturated carbocycles. The summed E-state index contributed by atoms with van der Waals surface area (Å²) < 4.78 is 132. The minimum Gasteiger partial charge on any atom is -0.451 e. The molecular weight excluding hydrogens is 459 g/mol. The molecule has 0 saturated heterocycles. The smallest absolute Gasteiger partial charge is 0.419 e. The van der Waals surface area contributed by atoms with Crippen LogP contribution in [-0.2, 0) is 6.18 Å². The molecule has 0 atom stereocenters. The number of alkyl halides is 3. The van der Waals surface area contributed by atoms with Gasteiger partial charge in [0.05, 0.1) is 16.9 Å². The highest BCUT2D eigenvalue weighted by Gasteiger charge is 2.36. The summed E-state index contributed by atoms with van der Waals surface area (Å²) in [6.07, 6.45) is -5.15. The summed E-state index contributed by atoms with van der Waals surface area (Å²) in [4.78, 5) is 0. The summed E-state index contributed by atoms with van der Waals surface area (Å²) >= 11 is 0. The number of ether oxygens (including phenoxy) is 2. The molecule has 0 aliphatic heterocycles. The van der Waals surface area contributed by atoms with Crippen molar-refractivity contribution in [1.29, 1.82) is 0 Å². The van der Waals surface area contributed by atoms with E-state index in [1.54, 1.807) is 0 Å². The number of nitrogen functional groups attached to an aromatic ring is 2. The zero-order valence-electron chi connectivity index (χ0n) is 15.3. The lowest BCUT2D eigenvalue weighted by Crippen LogP contribution is -2.09. The van der Waals surface area contributed by atoms with Crippen molar-refractivity contribution in [2.75, 3.05) is 11.5 Å². The van der Waals surface area contributed by atoms with Crippen LogP contribution in [0, 0.1) is 34.9 Å². The number of benzene rings is 3. The van der Waals surface area contributed by atoms with E-state index < -0.39 is 81.0 Å². The first kappa shape index (κ1) is 22.9. The number of nitrogens with two attached hydrogens (primary N) is 2. The zero-order valence-corrected chi connectivity index (χ0v) is 15.3. The highest BCUT2D eigenvalue weighted by molar-refractivity contribution is 5.53. The fourth-order valence-corrected chi connectivity index (χ4v) is 2.49. The topological polar surface area (TPSA) is 70.5 Å². The first-order valence-electron chi connectivity index (χ1n) is 8.24. The zero-order chi connectivity index (χ0) is 24.0. The number of halogens is 9. The maximum absolute atomic E-state index is 14.1. The van der Waals surface area contributed by atoms with E-state index in [0.717, 1.165) is 0 Å². The summed E-state index contributed by atoms with van der Waals surface area (Å²) in [5, 5.41) is 0. The van der Waals surface area contributed by atoms with Gasteiger partial charge in [0.1, 0.15) is 11.5 Å². The van der Waals surface area contributed by atoms with Crippen molar-refractivity contribution >= 4 is 11.4 Å². The summed E-state index contributed by atoms with van der Waals surface area (Å²) in [5.41, 5.74) is 6.81. The minimum absolute atomic E-state index is 0.238. The van der Waals surface area contributed by atoms with Crippen LogP contribution < -0.4 is 20.9 Å². The molecule has 170 valence electrons. The van der Waals surface area contributed by atoms with Gasteiger partial charge in [-0.2, -0.15) is 22.0 Å². The van der Waals surface area contributed by atoms with Gasteiger partial charge in [-0.3, -0.25) is 0 Å². The molecule has 13 heteroatoms. The predicted molar refractivity (Wildman–Crippen MR) is 93.0 cm³/mol.